The van der Waals surface area contributed by atoms with Crippen molar-refractivity contribution in [3.05, 3.63) is 56.5 Å². The van der Waals surface area contributed by atoms with Gasteiger partial charge < -0.3 is 24.4 Å². The number of nitrogens with one attached hydrogen (secondary N) is 1. The number of morpholine rings is 1. The van der Waals surface area contributed by atoms with Crippen LogP contribution in [0.1, 0.15) is 15.9 Å². The smallest absolute Gasteiger partial charge is 0.337 e. The van der Waals surface area contributed by atoms with E-state index >= 15 is 0 Å². The first-order chi connectivity index (χ1) is 14.9. The molecule has 0 spiro atoms. The van der Waals surface area contributed by atoms with E-state index in [0.29, 0.717) is 43.3 Å². The van der Waals surface area contributed by atoms with Crippen molar-refractivity contribution in [3.63, 3.8) is 0 Å². The molecule has 0 radical (unpaired) electrons. The summed E-state index contributed by atoms with van der Waals surface area (Å²) in [6.45, 7) is 2.59. The van der Waals surface area contributed by atoms with Gasteiger partial charge in [-0.2, -0.15) is 0 Å². The Balaban J connectivity index is 1.87. The maximum Gasteiger partial charge on any atom is 0.337 e. The minimum Gasteiger partial charge on any atom is -0.495 e. The van der Waals surface area contributed by atoms with Gasteiger partial charge in [-0.3, -0.25) is 4.79 Å². The monoisotopic (exact) mass is 552 g/mol. The number of rotatable bonds is 6. The molecular formula is C22H22Br2N2O5. The predicted octanol–water partition coefficient (Wildman–Crippen LogP) is 4.50. The van der Waals surface area contributed by atoms with E-state index in [9.17, 15) is 9.59 Å². The number of benzene rings is 2. The number of hydrogen-bond acceptors (Lipinski definition) is 6. The molecule has 7 nitrogen and oxygen atoms in total. The molecule has 31 heavy (non-hydrogen) atoms. The fourth-order valence-corrected chi connectivity index (χ4v) is 4.64. The van der Waals surface area contributed by atoms with E-state index in [1.165, 1.54) is 13.2 Å². The van der Waals surface area contributed by atoms with Gasteiger partial charge in [-0.25, -0.2) is 4.79 Å². The van der Waals surface area contributed by atoms with Gasteiger partial charge in [-0.15, -0.1) is 0 Å². The summed E-state index contributed by atoms with van der Waals surface area (Å²) >= 11 is 6.89. The second kappa shape index (κ2) is 10.8. The molecule has 0 bridgehead atoms. The number of esters is 1. The van der Waals surface area contributed by atoms with E-state index in [0.717, 1.165) is 20.2 Å². The third-order valence-corrected chi connectivity index (χ3v) is 5.73. The summed E-state index contributed by atoms with van der Waals surface area (Å²) in [4.78, 5) is 26.8. The molecular weight excluding hydrogens is 532 g/mol. The van der Waals surface area contributed by atoms with Crippen LogP contribution in [0.3, 0.4) is 0 Å². The van der Waals surface area contributed by atoms with Gasteiger partial charge in [0.25, 0.3) is 0 Å². The third kappa shape index (κ3) is 5.87. The SMILES string of the molecule is COC(=O)c1ccc(N2CCOCC2)c(NC(=O)/C=C/c2cc(Br)cc(Br)c2OC)c1. The van der Waals surface area contributed by atoms with Crippen LogP contribution in [-0.4, -0.2) is 52.4 Å². The molecule has 1 amide bonds. The maximum atomic E-state index is 12.7. The second-order valence-corrected chi connectivity index (χ2v) is 8.43. The van der Waals surface area contributed by atoms with E-state index in [2.05, 4.69) is 42.1 Å². The van der Waals surface area contributed by atoms with Gasteiger partial charge in [0.2, 0.25) is 5.91 Å². The van der Waals surface area contributed by atoms with Crippen molar-refractivity contribution in [2.75, 3.05) is 50.7 Å². The van der Waals surface area contributed by atoms with Crippen LogP contribution in [0.25, 0.3) is 6.08 Å². The lowest BCUT2D eigenvalue weighted by atomic mass is 10.1. The standard InChI is InChI=1S/C22H22Br2N2O5/c1-29-21-14(11-16(23)13-17(21)24)4-6-20(27)25-18-12-15(22(28)30-2)3-5-19(18)26-7-9-31-10-8-26/h3-6,11-13H,7-10H2,1-2H3,(H,25,27)/b6-4+. The van der Waals surface area contributed by atoms with Crippen molar-refractivity contribution >= 4 is 61.2 Å². The number of nitrogens with zero attached hydrogens (tertiary/aromatic N) is 1. The molecule has 0 saturated carbocycles. The Morgan fingerprint density at radius 2 is 1.87 bits per heavy atom. The molecule has 0 aromatic heterocycles. The molecule has 2 aromatic carbocycles. The Kier molecular flexibility index (Phi) is 8.11. The molecule has 2 aromatic rings. The van der Waals surface area contributed by atoms with E-state index in [1.54, 1.807) is 25.3 Å². The van der Waals surface area contributed by atoms with Crippen LogP contribution in [0, 0.1) is 0 Å². The number of carbonyl (C=O) groups excluding carboxylic acids is 2. The zero-order valence-electron chi connectivity index (χ0n) is 17.1. The molecule has 9 heteroatoms. The van der Waals surface area contributed by atoms with Gasteiger partial charge in [-0.1, -0.05) is 15.9 Å². The average molecular weight is 554 g/mol. The first kappa shape index (κ1) is 23.3. The topological polar surface area (TPSA) is 77.1 Å². The first-order valence-electron chi connectivity index (χ1n) is 9.50. The Hall–Kier alpha value is -2.36. The summed E-state index contributed by atoms with van der Waals surface area (Å²) in [5.74, 6) is -0.188. The van der Waals surface area contributed by atoms with Crippen molar-refractivity contribution in [3.8, 4) is 5.75 Å². The van der Waals surface area contributed by atoms with E-state index < -0.39 is 5.97 Å². The summed E-state index contributed by atoms with van der Waals surface area (Å²) in [6, 6.07) is 8.84. The van der Waals surface area contributed by atoms with Gasteiger partial charge in [0.15, 0.2) is 0 Å². The number of carbonyl (C=O) groups is 2. The van der Waals surface area contributed by atoms with Crippen LogP contribution in [0.5, 0.6) is 5.75 Å². The lowest BCUT2D eigenvalue weighted by Gasteiger charge is -2.30. The highest BCUT2D eigenvalue weighted by molar-refractivity contribution is 9.11. The molecule has 0 unspecified atom stereocenters. The molecule has 0 atom stereocenters. The highest BCUT2D eigenvalue weighted by atomic mass is 79.9. The van der Waals surface area contributed by atoms with Crippen molar-refractivity contribution in [1.29, 1.82) is 0 Å². The first-order valence-corrected chi connectivity index (χ1v) is 11.1. The van der Waals surface area contributed by atoms with Gasteiger partial charge in [0.05, 0.1) is 48.8 Å². The fourth-order valence-electron chi connectivity index (χ4n) is 3.22. The third-order valence-electron chi connectivity index (χ3n) is 4.68. The molecule has 3 rings (SSSR count). The number of halogens is 2. The van der Waals surface area contributed by atoms with Crippen LogP contribution in [0.4, 0.5) is 11.4 Å². The summed E-state index contributed by atoms with van der Waals surface area (Å²) in [6.07, 6.45) is 3.09. The van der Waals surface area contributed by atoms with Crippen LogP contribution in [0.15, 0.2) is 45.4 Å². The van der Waals surface area contributed by atoms with Crippen molar-refractivity contribution in [2.45, 2.75) is 0 Å². The Bertz CT molecular complexity index is 1000. The van der Waals surface area contributed by atoms with Crippen molar-refractivity contribution in [2.24, 2.45) is 0 Å². The van der Waals surface area contributed by atoms with Gasteiger partial charge in [-0.05, 0) is 52.3 Å². The number of ether oxygens (including phenoxy) is 3. The zero-order valence-corrected chi connectivity index (χ0v) is 20.3. The van der Waals surface area contributed by atoms with Crippen molar-refractivity contribution < 1.29 is 23.8 Å². The summed E-state index contributed by atoms with van der Waals surface area (Å²) in [7, 11) is 2.89. The van der Waals surface area contributed by atoms with E-state index in [-0.39, 0.29) is 5.91 Å². The Labute approximate surface area is 197 Å². The van der Waals surface area contributed by atoms with Gasteiger partial charge in [0, 0.05) is 29.2 Å². The van der Waals surface area contributed by atoms with Crippen LogP contribution >= 0.6 is 31.9 Å². The van der Waals surface area contributed by atoms with Crippen LogP contribution < -0.4 is 15.0 Å². The fraction of sp³-hybridized carbons (Fsp3) is 0.273. The molecule has 0 aliphatic carbocycles. The second-order valence-electron chi connectivity index (χ2n) is 6.66. The quantitative estimate of drug-likeness (QED) is 0.419. The summed E-state index contributed by atoms with van der Waals surface area (Å²) in [5, 5.41) is 2.88. The zero-order chi connectivity index (χ0) is 22.4. The molecule has 1 N–H and O–H groups in total. The minimum atomic E-state index is -0.469. The van der Waals surface area contributed by atoms with Crippen LogP contribution in [-0.2, 0) is 14.3 Å². The number of methoxy groups -OCH3 is 2. The lowest BCUT2D eigenvalue weighted by Crippen LogP contribution is -2.36. The lowest BCUT2D eigenvalue weighted by molar-refractivity contribution is -0.111. The highest BCUT2D eigenvalue weighted by Crippen LogP contribution is 2.33. The van der Waals surface area contributed by atoms with Gasteiger partial charge >= 0.3 is 5.97 Å². The van der Waals surface area contributed by atoms with Crippen LogP contribution in [0.2, 0.25) is 0 Å². The van der Waals surface area contributed by atoms with E-state index in [1.807, 2.05) is 18.2 Å². The maximum absolute atomic E-state index is 12.7. The Morgan fingerprint density at radius 3 is 2.55 bits per heavy atom. The van der Waals surface area contributed by atoms with E-state index in [4.69, 9.17) is 14.2 Å². The van der Waals surface area contributed by atoms with Gasteiger partial charge in [0.1, 0.15) is 5.75 Å². The molecule has 1 aliphatic rings. The number of hydrogen-bond donors (Lipinski definition) is 1. The number of amides is 1. The van der Waals surface area contributed by atoms with Crippen molar-refractivity contribution in [1.82, 2.24) is 0 Å². The Morgan fingerprint density at radius 1 is 1.13 bits per heavy atom. The average Bonchev–Trinajstić information content (AvgIpc) is 2.77. The molecule has 1 saturated heterocycles. The largest absolute Gasteiger partial charge is 0.495 e. The highest BCUT2D eigenvalue weighted by Gasteiger charge is 2.18. The number of anilines is 2. The summed E-state index contributed by atoms with van der Waals surface area (Å²) in [5.41, 5.74) is 2.44. The molecule has 1 aliphatic heterocycles. The predicted molar refractivity (Wildman–Crippen MR) is 127 cm³/mol. The normalized spacial score (nSPS) is 13.9. The molecule has 164 valence electrons. The summed E-state index contributed by atoms with van der Waals surface area (Å²) < 4.78 is 17.3. The minimum absolute atomic E-state index is 0.338. The molecule has 1 fully saturated rings. The molecule has 1 heterocycles.